The van der Waals surface area contributed by atoms with E-state index in [4.69, 9.17) is 11.6 Å². The lowest BCUT2D eigenvalue weighted by molar-refractivity contribution is 1.16. The van der Waals surface area contributed by atoms with Crippen LogP contribution in [0.5, 0.6) is 0 Å². The van der Waals surface area contributed by atoms with Gasteiger partial charge in [-0.25, -0.2) is 0 Å². The quantitative estimate of drug-likeness (QED) is 0.610. The van der Waals surface area contributed by atoms with E-state index in [0.29, 0.717) is 0 Å². The molecule has 0 fully saturated rings. The molecule has 0 saturated carbocycles. The van der Waals surface area contributed by atoms with Gasteiger partial charge in [0.2, 0.25) is 0 Å². The topological polar surface area (TPSA) is 27.8 Å². The maximum Gasteiger partial charge on any atom is 0.0648 e. The first-order chi connectivity index (χ1) is 9.24. The molecule has 2 nitrogen and oxygen atoms in total. The van der Waals surface area contributed by atoms with Crippen LogP contribution in [-0.2, 0) is 6.54 Å². The molecule has 0 amide bonds. The van der Waals surface area contributed by atoms with Crippen LogP contribution in [0.15, 0.2) is 48.7 Å². The van der Waals surface area contributed by atoms with Crippen molar-refractivity contribution in [1.29, 1.82) is 0 Å². The molecular formula is C15H12ClIN2. The Morgan fingerprint density at radius 2 is 2.05 bits per heavy atom. The van der Waals surface area contributed by atoms with Crippen molar-refractivity contribution in [1.82, 2.24) is 4.98 Å². The van der Waals surface area contributed by atoms with Gasteiger partial charge < -0.3 is 10.3 Å². The number of hydrogen-bond donors (Lipinski definition) is 2. The predicted octanol–water partition coefficient (Wildman–Crippen LogP) is 5.04. The van der Waals surface area contributed by atoms with E-state index in [1.54, 1.807) is 0 Å². The summed E-state index contributed by atoms with van der Waals surface area (Å²) in [6.45, 7) is 0.748. The van der Waals surface area contributed by atoms with Crippen molar-refractivity contribution in [3.8, 4) is 0 Å². The monoisotopic (exact) mass is 382 g/mol. The minimum atomic E-state index is 0.748. The predicted molar refractivity (Wildman–Crippen MR) is 89.8 cm³/mol. The summed E-state index contributed by atoms with van der Waals surface area (Å²) in [7, 11) is 0. The molecule has 0 aliphatic heterocycles. The van der Waals surface area contributed by atoms with E-state index in [2.05, 4.69) is 57.2 Å². The number of anilines is 1. The Hall–Kier alpha value is -1.20. The molecule has 0 unspecified atom stereocenters. The van der Waals surface area contributed by atoms with Crippen molar-refractivity contribution < 1.29 is 0 Å². The highest BCUT2D eigenvalue weighted by atomic mass is 127. The first-order valence-corrected chi connectivity index (χ1v) is 7.43. The van der Waals surface area contributed by atoms with Crippen LogP contribution in [0.4, 0.5) is 5.69 Å². The summed E-state index contributed by atoms with van der Waals surface area (Å²) in [5.41, 5.74) is 3.37. The number of benzene rings is 2. The fourth-order valence-corrected chi connectivity index (χ4v) is 3.04. The largest absolute Gasteiger partial charge is 0.380 e. The summed E-state index contributed by atoms with van der Waals surface area (Å²) in [6.07, 6.45) is 1.96. The number of fused-ring (bicyclic) bond motifs is 1. The molecule has 96 valence electrons. The number of aromatic nitrogens is 1. The van der Waals surface area contributed by atoms with Crippen LogP contribution in [0.1, 0.15) is 5.56 Å². The van der Waals surface area contributed by atoms with Crippen LogP contribution < -0.4 is 5.32 Å². The van der Waals surface area contributed by atoms with Gasteiger partial charge in [0.25, 0.3) is 0 Å². The minimum Gasteiger partial charge on any atom is -0.380 e. The molecule has 0 aliphatic rings. The maximum atomic E-state index is 6.22. The van der Waals surface area contributed by atoms with Gasteiger partial charge in [-0.3, -0.25) is 0 Å². The molecule has 0 atom stereocenters. The van der Waals surface area contributed by atoms with Crippen molar-refractivity contribution in [3.05, 3.63) is 62.8 Å². The molecule has 2 aromatic carbocycles. The lowest BCUT2D eigenvalue weighted by Gasteiger charge is -2.09. The van der Waals surface area contributed by atoms with E-state index in [1.807, 2.05) is 24.4 Å². The fourth-order valence-electron chi connectivity index (χ4n) is 2.12. The number of halogens is 2. The summed E-state index contributed by atoms with van der Waals surface area (Å²) >= 11 is 8.47. The number of para-hydroxylation sites is 1. The summed E-state index contributed by atoms with van der Waals surface area (Å²) in [5, 5.41) is 5.37. The van der Waals surface area contributed by atoms with Gasteiger partial charge in [-0.2, -0.15) is 0 Å². The van der Waals surface area contributed by atoms with Crippen LogP contribution in [0, 0.1) is 3.57 Å². The summed E-state index contributed by atoms with van der Waals surface area (Å²) < 4.78 is 1.14. The maximum absolute atomic E-state index is 6.22. The van der Waals surface area contributed by atoms with Gasteiger partial charge in [0, 0.05) is 16.3 Å². The minimum absolute atomic E-state index is 0.748. The Morgan fingerprint density at radius 3 is 2.89 bits per heavy atom. The molecule has 0 radical (unpaired) electrons. The average molecular weight is 383 g/mol. The standard InChI is InChI=1S/C15H12ClIN2/c16-13-8-12(17)4-5-14(13)19-9-11-3-1-2-10-6-7-18-15(10)11/h1-8,18-19H,9H2. The second-order valence-corrected chi connectivity index (χ2v) is 5.99. The Balaban J connectivity index is 1.84. The summed E-state index contributed by atoms with van der Waals surface area (Å²) in [5.74, 6) is 0. The van der Waals surface area contributed by atoms with Gasteiger partial charge >= 0.3 is 0 Å². The molecule has 0 bridgehead atoms. The second-order valence-electron chi connectivity index (χ2n) is 4.34. The van der Waals surface area contributed by atoms with Gasteiger partial charge in [-0.05, 0) is 57.8 Å². The molecule has 1 heterocycles. The number of nitrogens with one attached hydrogen (secondary N) is 2. The zero-order valence-corrected chi connectivity index (χ0v) is 13.0. The number of rotatable bonds is 3. The Morgan fingerprint density at radius 1 is 1.16 bits per heavy atom. The molecule has 1 aromatic heterocycles. The van der Waals surface area contributed by atoms with E-state index >= 15 is 0 Å². The first-order valence-electron chi connectivity index (χ1n) is 5.98. The zero-order valence-electron chi connectivity index (χ0n) is 10.1. The lowest BCUT2D eigenvalue weighted by atomic mass is 10.1. The molecule has 0 saturated heterocycles. The van der Waals surface area contributed by atoms with Crippen LogP contribution >= 0.6 is 34.2 Å². The number of hydrogen-bond acceptors (Lipinski definition) is 1. The van der Waals surface area contributed by atoms with Crippen LogP contribution in [-0.4, -0.2) is 4.98 Å². The van der Waals surface area contributed by atoms with Gasteiger partial charge in [0.15, 0.2) is 0 Å². The molecule has 3 aromatic rings. The van der Waals surface area contributed by atoms with Crippen molar-refractivity contribution in [2.24, 2.45) is 0 Å². The molecule has 0 aliphatic carbocycles. The van der Waals surface area contributed by atoms with Crippen molar-refractivity contribution in [2.75, 3.05) is 5.32 Å². The van der Waals surface area contributed by atoms with Gasteiger partial charge in [0.05, 0.1) is 16.2 Å². The van der Waals surface area contributed by atoms with Crippen molar-refractivity contribution >= 4 is 50.8 Å². The Labute approximate surface area is 130 Å². The first kappa shape index (κ1) is 12.8. The number of H-pyrrole nitrogens is 1. The van der Waals surface area contributed by atoms with Crippen molar-refractivity contribution in [3.63, 3.8) is 0 Å². The van der Waals surface area contributed by atoms with E-state index < -0.39 is 0 Å². The second kappa shape index (κ2) is 5.43. The highest BCUT2D eigenvalue weighted by molar-refractivity contribution is 14.1. The van der Waals surface area contributed by atoms with Crippen LogP contribution in [0.25, 0.3) is 10.9 Å². The third-order valence-electron chi connectivity index (χ3n) is 3.07. The third kappa shape index (κ3) is 2.72. The van der Waals surface area contributed by atoms with Crippen LogP contribution in [0.2, 0.25) is 5.02 Å². The van der Waals surface area contributed by atoms with Gasteiger partial charge in [-0.1, -0.05) is 29.8 Å². The molecular weight excluding hydrogens is 371 g/mol. The molecule has 2 N–H and O–H groups in total. The Kier molecular flexibility index (Phi) is 3.66. The lowest BCUT2D eigenvalue weighted by Crippen LogP contribution is -2.00. The van der Waals surface area contributed by atoms with E-state index in [9.17, 15) is 0 Å². The summed E-state index contributed by atoms with van der Waals surface area (Å²) in [4.78, 5) is 3.27. The highest BCUT2D eigenvalue weighted by Gasteiger charge is 2.04. The summed E-state index contributed by atoms with van der Waals surface area (Å²) in [6, 6.07) is 14.4. The average Bonchev–Trinajstić information content (AvgIpc) is 2.86. The molecule has 0 spiro atoms. The normalized spacial score (nSPS) is 10.8. The SMILES string of the molecule is Clc1cc(I)ccc1NCc1cccc2cc[nH]c12. The van der Waals surface area contributed by atoms with Crippen LogP contribution in [0.3, 0.4) is 0 Å². The van der Waals surface area contributed by atoms with E-state index in [0.717, 1.165) is 20.8 Å². The zero-order chi connectivity index (χ0) is 13.2. The molecule has 19 heavy (non-hydrogen) atoms. The molecule has 3 rings (SSSR count). The van der Waals surface area contributed by atoms with Crippen molar-refractivity contribution in [2.45, 2.75) is 6.54 Å². The molecule has 4 heteroatoms. The van der Waals surface area contributed by atoms with Gasteiger partial charge in [0.1, 0.15) is 0 Å². The highest BCUT2D eigenvalue weighted by Crippen LogP contribution is 2.25. The fraction of sp³-hybridized carbons (Fsp3) is 0.0667. The smallest absolute Gasteiger partial charge is 0.0648 e. The Bertz CT molecular complexity index is 721. The number of aromatic amines is 1. The van der Waals surface area contributed by atoms with E-state index in [-0.39, 0.29) is 0 Å². The van der Waals surface area contributed by atoms with Gasteiger partial charge in [-0.15, -0.1) is 0 Å². The third-order valence-corrected chi connectivity index (χ3v) is 4.06. The van der Waals surface area contributed by atoms with E-state index in [1.165, 1.54) is 16.5 Å².